The normalized spacial score (nSPS) is 24.6. The monoisotopic (exact) mass is 326 g/mol. The van der Waals surface area contributed by atoms with E-state index in [-0.39, 0.29) is 30.3 Å². The Bertz CT molecular complexity index is 414. The smallest absolute Gasteiger partial charge is 0.226 e. The molecule has 7 heteroatoms. The molecule has 1 amide bonds. The number of nitrogens with one attached hydrogen (secondary N) is 1. The van der Waals surface area contributed by atoms with E-state index in [0.29, 0.717) is 13.0 Å². The zero-order valence-corrected chi connectivity index (χ0v) is 14.4. The first-order valence-electron chi connectivity index (χ1n) is 6.89. The van der Waals surface area contributed by atoms with E-state index in [1.807, 2.05) is 14.0 Å². The van der Waals surface area contributed by atoms with Gasteiger partial charge < -0.3 is 10.2 Å². The molecule has 1 aliphatic carbocycles. The highest BCUT2D eigenvalue weighted by Gasteiger charge is 2.37. The average Bonchev–Trinajstić information content (AvgIpc) is 2.36. The Hall–Kier alpha value is -0.330. The molecule has 120 valence electrons. The van der Waals surface area contributed by atoms with Gasteiger partial charge in [0.05, 0.1) is 5.25 Å². The topological polar surface area (TPSA) is 66.5 Å². The van der Waals surface area contributed by atoms with Crippen molar-refractivity contribution >= 4 is 28.2 Å². The van der Waals surface area contributed by atoms with Crippen molar-refractivity contribution in [2.45, 2.75) is 43.9 Å². The fourth-order valence-electron chi connectivity index (χ4n) is 2.92. The summed E-state index contributed by atoms with van der Waals surface area (Å²) >= 11 is 0. The molecule has 3 atom stereocenters. The van der Waals surface area contributed by atoms with Crippen LogP contribution in [0.3, 0.4) is 0 Å². The largest absolute Gasteiger partial charge is 0.341 e. The maximum absolute atomic E-state index is 12.3. The number of amides is 1. The molecular formula is C13H27ClN2O3S. The maximum atomic E-state index is 12.3. The number of carbonyl (C=O) groups is 1. The van der Waals surface area contributed by atoms with Gasteiger partial charge in [0.2, 0.25) is 5.91 Å². The molecule has 3 unspecified atom stereocenters. The molecule has 5 nitrogen and oxygen atoms in total. The Labute approximate surface area is 128 Å². The van der Waals surface area contributed by atoms with Gasteiger partial charge in [-0.05, 0) is 19.9 Å². The van der Waals surface area contributed by atoms with E-state index in [0.717, 1.165) is 19.3 Å². The first-order chi connectivity index (χ1) is 8.79. The van der Waals surface area contributed by atoms with Crippen LogP contribution in [0.5, 0.6) is 0 Å². The molecule has 0 aromatic heterocycles. The fraction of sp³-hybridized carbons (Fsp3) is 0.923. The molecule has 0 aromatic carbocycles. The van der Waals surface area contributed by atoms with E-state index in [9.17, 15) is 13.2 Å². The van der Waals surface area contributed by atoms with Gasteiger partial charge in [0.25, 0.3) is 0 Å². The van der Waals surface area contributed by atoms with Crippen molar-refractivity contribution in [3.05, 3.63) is 0 Å². The lowest BCUT2D eigenvalue weighted by atomic mass is 9.93. The minimum absolute atomic E-state index is 0. The molecule has 1 rings (SSSR count). The standard InChI is InChI=1S/C13H26N2O3S.ClH/c1-10(9-14-2)13(16)15(3)11-7-5-6-8-12(11)19(4,17)18;/h10-12,14H,5-9H2,1-4H3;1H. The van der Waals surface area contributed by atoms with Crippen molar-refractivity contribution < 1.29 is 13.2 Å². The number of sulfone groups is 1. The molecule has 0 spiro atoms. The third-order valence-electron chi connectivity index (χ3n) is 3.99. The predicted molar refractivity (Wildman–Crippen MR) is 84.0 cm³/mol. The van der Waals surface area contributed by atoms with Gasteiger partial charge >= 0.3 is 0 Å². The van der Waals surface area contributed by atoms with Crippen LogP contribution in [0.25, 0.3) is 0 Å². The molecular weight excluding hydrogens is 300 g/mol. The molecule has 1 N–H and O–H groups in total. The van der Waals surface area contributed by atoms with Crippen LogP contribution in [0.2, 0.25) is 0 Å². The van der Waals surface area contributed by atoms with Gasteiger partial charge in [-0.15, -0.1) is 12.4 Å². The summed E-state index contributed by atoms with van der Waals surface area (Å²) < 4.78 is 23.7. The lowest BCUT2D eigenvalue weighted by Crippen LogP contribution is -2.51. The second-order valence-electron chi connectivity index (χ2n) is 5.63. The molecule has 1 fully saturated rings. The molecule has 20 heavy (non-hydrogen) atoms. The van der Waals surface area contributed by atoms with Crippen molar-refractivity contribution in [3.8, 4) is 0 Å². The molecule has 0 aliphatic heterocycles. The maximum Gasteiger partial charge on any atom is 0.226 e. The minimum Gasteiger partial charge on any atom is -0.341 e. The zero-order valence-electron chi connectivity index (χ0n) is 12.8. The van der Waals surface area contributed by atoms with Gasteiger partial charge in [-0.25, -0.2) is 8.42 Å². The van der Waals surface area contributed by atoms with Crippen molar-refractivity contribution in [1.29, 1.82) is 0 Å². The fourth-order valence-corrected chi connectivity index (χ4v) is 4.41. The number of hydrogen-bond acceptors (Lipinski definition) is 4. The summed E-state index contributed by atoms with van der Waals surface area (Å²) in [6, 6.07) is -0.171. The van der Waals surface area contributed by atoms with Crippen molar-refractivity contribution in [3.63, 3.8) is 0 Å². The van der Waals surface area contributed by atoms with Gasteiger partial charge in [0.15, 0.2) is 9.84 Å². The second kappa shape index (κ2) is 8.20. The minimum atomic E-state index is -3.10. The van der Waals surface area contributed by atoms with Gasteiger partial charge in [-0.1, -0.05) is 19.8 Å². The summed E-state index contributed by atoms with van der Waals surface area (Å²) in [6.07, 6.45) is 4.66. The average molecular weight is 327 g/mol. The van der Waals surface area contributed by atoms with Crippen LogP contribution in [-0.2, 0) is 14.6 Å². The van der Waals surface area contributed by atoms with Crippen LogP contribution in [0.1, 0.15) is 32.6 Å². The van der Waals surface area contributed by atoms with E-state index >= 15 is 0 Å². The lowest BCUT2D eigenvalue weighted by molar-refractivity contribution is -0.136. The van der Waals surface area contributed by atoms with Crippen molar-refractivity contribution in [1.82, 2.24) is 10.2 Å². The molecule has 0 radical (unpaired) electrons. The molecule has 1 saturated carbocycles. The molecule has 1 aliphatic rings. The van der Waals surface area contributed by atoms with Crippen LogP contribution in [-0.4, -0.2) is 57.4 Å². The van der Waals surface area contributed by atoms with E-state index < -0.39 is 15.1 Å². The highest BCUT2D eigenvalue weighted by molar-refractivity contribution is 7.91. The van der Waals surface area contributed by atoms with Gasteiger partial charge in [0, 0.05) is 31.8 Å². The Morgan fingerprint density at radius 3 is 2.40 bits per heavy atom. The van der Waals surface area contributed by atoms with Gasteiger partial charge in [0.1, 0.15) is 0 Å². The molecule has 0 aromatic rings. The number of hydrogen-bond donors (Lipinski definition) is 1. The summed E-state index contributed by atoms with van der Waals surface area (Å²) in [6.45, 7) is 2.48. The first kappa shape index (κ1) is 19.7. The van der Waals surface area contributed by atoms with E-state index in [1.165, 1.54) is 6.26 Å². The van der Waals surface area contributed by atoms with Crippen LogP contribution < -0.4 is 5.32 Å². The van der Waals surface area contributed by atoms with Gasteiger partial charge in [-0.2, -0.15) is 0 Å². The number of rotatable bonds is 5. The Morgan fingerprint density at radius 2 is 1.90 bits per heavy atom. The quantitative estimate of drug-likeness (QED) is 0.821. The Kier molecular flexibility index (Phi) is 8.06. The number of carbonyl (C=O) groups excluding carboxylic acids is 1. The Morgan fingerprint density at radius 1 is 1.35 bits per heavy atom. The van der Waals surface area contributed by atoms with Crippen LogP contribution in [0.15, 0.2) is 0 Å². The lowest BCUT2D eigenvalue weighted by Gasteiger charge is -2.38. The number of halogens is 1. The second-order valence-corrected chi connectivity index (χ2v) is 7.89. The summed E-state index contributed by atoms with van der Waals surface area (Å²) in [4.78, 5) is 14.0. The first-order valence-corrected chi connectivity index (χ1v) is 8.84. The predicted octanol–water partition coefficient (Wildman–Crippen LogP) is 1.08. The summed E-state index contributed by atoms with van der Waals surface area (Å²) in [5.74, 6) is -0.105. The summed E-state index contributed by atoms with van der Waals surface area (Å²) in [5.41, 5.74) is 0. The van der Waals surface area contributed by atoms with E-state index in [4.69, 9.17) is 0 Å². The van der Waals surface area contributed by atoms with E-state index in [1.54, 1.807) is 11.9 Å². The third kappa shape index (κ3) is 4.90. The number of nitrogens with zero attached hydrogens (tertiary/aromatic N) is 1. The highest BCUT2D eigenvalue weighted by atomic mass is 35.5. The molecule has 0 saturated heterocycles. The molecule has 0 heterocycles. The Balaban J connectivity index is 0.00000361. The van der Waals surface area contributed by atoms with Crippen LogP contribution in [0.4, 0.5) is 0 Å². The summed E-state index contributed by atoms with van der Waals surface area (Å²) in [7, 11) is 0.447. The third-order valence-corrected chi connectivity index (χ3v) is 5.64. The van der Waals surface area contributed by atoms with Crippen LogP contribution >= 0.6 is 12.4 Å². The zero-order chi connectivity index (χ0) is 14.6. The van der Waals surface area contributed by atoms with Crippen molar-refractivity contribution in [2.75, 3.05) is 26.9 Å². The highest BCUT2D eigenvalue weighted by Crippen LogP contribution is 2.28. The van der Waals surface area contributed by atoms with Crippen molar-refractivity contribution in [2.24, 2.45) is 5.92 Å². The van der Waals surface area contributed by atoms with E-state index in [2.05, 4.69) is 5.32 Å². The molecule has 0 bridgehead atoms. The van der Waals surface area contributed by atoms with Gasteiger partial charge in [-0.3, -0.25) is 4.79 Å². The SMILES string of the molecule is CNCC(C)C(=O)N(C)C1CCCCC1S(C)(=O)=O.Cl. The summed E-state index contributed by atoms with van der Waals surface area (Å²) in [5, 5.41) is 2.58. The van der Waals surface area contributed by atoms with Crippen LogP contribution in [0, 0.1) is 5.92 Å².